The van der Waals surface area contributed by atoms with E-state index in [1.54, 1.807) is 0 Å². The molecule has 0 aromatic carbocycles. The Hall–Kier alpha value is -0.520. The quantitative estimate of drug-likeness (QED) is 0.0642. The average molecular weight is 614 g/mol. The molecule has 250 valence electrons. The molecule has 0 spiro atoms. The molecule has 2 rings (SSSR count). The van der Waals surface area contributed by atoms with Crippen LogP contribution >= 0.6 is 0 Å². The summed E-state index contributed by atoms with van der Waals surface area (Å²) in [5.74, 6) is -5.58. The van der Waals surface area contributed by atoms with Gasteiger partial charge in [0.25, 0.3) is 0 Å². The van der Waals surface area contributed by atoms with E-state index < -0.39 is 86.3 Å². The Balaban J connectivity index is 2.06. The summed E-state index contributed by atoms with van der Waals surface area (Å²) < 4.78 is 29.9. The summed E-state index contributed by atoms with van der Waals surface area (Å²) in [4.78, 5) is 0. The van der Waals surface area contributed by atoms with Crippen molar-refractivity contribution in [1.29, 1.82) is 0 Å². The van der Waals surface area contributed by atoms with Gasteiger partial charge >= 0.3 is 0 Å². The van der Waals surface area contributed by atoms with E-state index >= 15 is 0 Å². The number of ether oxygens (including phenoxy) is 4. The Bertz CT molecular complexity index is 771. The maximum atomic E-state index is 11.7. The highest BCUT2D eigenvalue weighted by molar-refractivity contribution is 5.04. The number of rotatable bonds is 20. The van der Waals surface area contributed by atoms with Gasteiger partial charge < -0.3 is 64.9 Å². The summed E-state index contributed by atoms with van der Waals surface area (Å²) in [6.45, 7) is 1.44. The van der Waals surface area contributed by atoms with Gasteiger partial charge in [0.1, 0.15) is 36.6 Å². The van der Waals surface area contributed by atoms with E-state index in [1.807, 2.05) is 0 Å². The van der Waals surface area contributed by atoms with Gasteiger partial charge in [-0.15, -0.1) is 0 Å². The van der Waals surface area contributed by atoms with E-state index in [-0.39, 0.29) is 6.61 Å². The maximum Gasteiger partial charge on any atom is 0.227 e. The Morgan fingerprint density at radius 2 is 1.31 bits per heavy atom. The summed E-state index contributed by atoms with van der Waals surface area (Å²) in [5, 5.41) is 94.2. The smallest absolute Gasteiger partial charge is 0.227 e. The molecule has 0 aliphatic carbocycles. The first kappa shape index (κ1) is 36.0. The molecule has 2 saturated heterocycles. The minimum Gasteiger partial charge on any atom is -0.394 e. The van der Waals surface area contributed by atoms with Gasteiger partial charge in [-0.1, -0.05) is 77.6 Å². The highest BCUT2D eigenvalue weighted by Crippen LogP contribution is 2.41. The van der Waals surface area contributed by atoms with Gasteiger partial charge in [-0.2, -0.15) is 0 Å². The molecule has 2 fully saturated rings. The lowest BCUT2D eigenvalue weighted by molar-refractivity contribution is -0.453. The van der Waals surface area contributed by atoms with Crippen molar-refractivity contribution in [3.05, 3.63) is 0 Å². The monoisotopic (exact) mass is 613 g/mol. The second-order valence-corrected chi connectivity index (χ2v) is 11.7. The molecule has 0 bridgehead atoms. The van der Waals surface area contributed by atoms with Gasteiger partial charge in [-0.25, -0.2) is 0 Å². The van der Waals surface area contributed by atoms with Gasteiger partial charge in [-0.05, 0) is 13.3 Å². The third-order valence-electron chi connectivity index (χ3n) is 8.07. The van der Waals surface area contributed by atoms with Gasteiger partial charge in [0.05, 0.1) is 27.3 Å². The van der Waals surface area contributed by atoms with Crippen molar-refractivity contribution in [3.63, 3.8) is 0 Å². The van der Waals surface area contributed by atoms with Crippen molar-refractivity contribution in [1.82, 2.24) is 0 Å². The first-order chi connectivity index (χ1) is 20.2. The lowest BCUT2D eigenvalue weighted by Gasteiger charge is -2.54. The largest absolute Gasteiger partial charge is 0.394 e. The predicted molar refractivity (Wildman–Crippen MR) is 150 cm³/mol. The SMILES string of the molecule is [2H]C(C)(O)CC1(O)O[C@H](CO)[C@@H](O[C@@H]2O[C@H](CO)[C@H](O)[C@H](O)[C@H]2O)[C@@](O)(OCCCCCCCCCCCCCC)[C@H]1O. The minimum absolute atomic E-state index is 0.120. The van der Waals surface area contributed by atoms with Crippen LogP contribution in [0.1, 0.15) is 98.7 Å². The maximum absolute atomic E-state index is 11.7. The van der Waals surface area contributed by atoms with Crippen LogP contribution in [-0.2, 0) is 18.9 Å². The summed E-state index contributed by atoms with van der Waals surface area (Å²) in [6.07, 6.45) is -4.61. The van der Waals surface area contributed by atoms with E-state index in [2.05, 4.69) is 6.92 Å². The van der Waals surface area contributed by atoms with E-state index in [9.17, 15) is 46.0 Å². The van der Waals surface area contributed by atoms with Crippen LogP contribution in [0.15, 0.2) is 0 Å². The molecule has 0 saturated carbocycles. The second kappa shape index (κ2) is 18.4. The number of hydrogen-bond acceptors (Lipinski definition) is 13. The number of aliphatic hydroxyl groups excluding tert-OH is 6. The predicted octanol–water partition coefficient (Wildman–Crippen LogP) is -0.211. The normalized spacial score (nSPS) is 39.2. The molecule has 0 radical (unpaired) electrons. The summed E-state index contributed by atoms with van der Waals surface area (Å²) >= 11 is 0. The Labute approximate surface area is 250 Å². The molecule has 0 amide bonds. The Kier molecular flexibility index (Phi) is 15.8. The molecule has 2 heterocycles. The topological polar surface area (TPSA) is 219 Å². The number of hydrogen-bond donors (Lipinski definition) is 9. The highest BCUT2D eigenvalue weighted by Gasteiger charge is 2.64. The fourth-order valence-corrected chi connectivity index (χ4v) is 5.62. The van der Waals surface area contributed by atoms with Crippen molar-refractivity contribution in [2.75, 3.05) is 19.8 Å². The van der Waals surface area contributed by atoms with Gasteiger partial charge in [0, 0.05) is 6.42 Å². The fraction of sp³-hybridized carbons (Fsp3) is 1.00. The van der Waals surface area contributed by atoms with E-state index in [4.69, 9.17) is 20.3 Å². The summed E-state index contributed by atoms with van der Waals surface area (Å²) in [6, 6.07) is 0. The molecule has 0 aromatic heterocycles. The lowest BCUT2D eigenvalue weighted by atomic mass is 9.86. The van der Waals surface area contributed by atoms with E-state index in [1.165, 1.54) is 44.9 Å². The second-order valence-electron chi connectivity index (χ2n) is 11.7. The molecule has 2 unspecified atom stereocenters. The Morgan fingerprint density at radius 1 is 0.786 bits per heavy atom. The molecule has 2 aliphatic rings. The molecule has 42 heavy (non-hydrogen) atoms. The van der Waals surface area contributed by atoms with Crippen LogP contribution in [0, 0.1) is 0 Å². The van der Waals surface area contributed by atoms with Crippen molar-refractivity contribution < 1.29 is 66.3 Å². The van der Waals surface area contributed by atoms with Gasteiger partial charge in [-0.3, -0.25) is 0 Å². The van der Waals surface area contributed by atoms with Crippen LogP contribution in [-0.4, -0.2) is 132 Å². The van der Waals surface area contributed by atoms with E-state index in [0.29, 0.717) is 6.42 Å². The third kappa shape index (κ3) is 10.3. The standard InChI is InChI=1S/C29H56O13/c1-3-4-5-6-7-8-9-10-11-12-13-14-15-39-29(38)25(21(18-31)42-28(37,27(29)36)16-19(2)32)41-26-24(35)23(34)22(33)20(17-30)40-26/h19-27,30-38H,3-18H2,1-2H3/t19?,20-,21-,22+,23+,24-,25-,26+,27+,28?,29-/m1/s1/i19D. The zero-order valence-electron chi connectivity index (χ0n) is 26.1. The molecule has 9 N–H and O–H groups in total. The van der Waals surface area contributed by atoms with Crippen LogP contribution in [0.5, 0.6) is 0 Å². The van der Waals surface area contributed by atoms with Crippen LogP contribution in [0.2, 0.25) is 0 Å². The fourth-order valence-electron chi connectivity index (χ4n) is 5.62. The molecule has 13 heteroatoms. The van der Waals surface area contributed by atoms with E-state index in [0.717, 1.165) is 32.6 Å². The van der Waals surface area contributed by atoms with Crippen LogP contribution in [0.4, 0.5) is 0 Å². The molecular weight excluding hydrogens is 556 g/mol. The van der Waals surface area contributed by atoms with Crippen molar-refractivity contribution >= 4 is 0 Å². The van der Waals surface area contributed by atoms with Crippen molar-refractivity contribution in [2.45, 2.75) is 164 Å². The molecule has 11 atom stereocenters. The number of aliphatic hydroxyl groups is 9. The van der Waals surface area contributed by atoms with Gasteiger partial charge in [0.15, 0.2) is 18.2 Å². The lowest BCUT2D eigenvalue weighted by Crippen LogP contribution is -2.75. The zero-order chi connectivity index (χ0) is 32.3. The molecular formula is C29H56O13. The minimum atomic E-state index is -2.82. The van der Waals surface area contributed by atoms with Crippen molar-refractivity contribution in [3.8, 4) is 0 Å². The van der Waals surface area contributed by atoms with Gasteiger partial charge in [0.2, 0.25) is 5.79 Å². The third-order valence-corrected chi connectivity index (χ3v) is 8.07. The first-order valence-corrected chi connectivity index (χ1v) is 15.5. The number of unbranched alkanes of at least 4 members (excludes halogenated alkanes) is 11. The zero-order valence-corrected chi connectivity index (χ0v) is 25.1. The first-order valence-electron chi connectivity index (χ1n) is 16.0. The van der Waals surface area contributed by atoms with Crippen LogP contribution in [0.3, 0.4) is 0 Å². The average Bonchev–Trinajstić information content (AvgIpc) is 2.95. The Morgan fingerprint density at radius 3 is 1.81 bits per heavy atom. The highest BCUT2D eigenvalue weighted by atomic mass is 16.8. The molecule has 0 aromatic rings. The van der Waals surface area contributed by atoms with Crippen molar-refractivity contribution in [2.24, 2.45) is 0 Å². The summed E-state index contributed by atoms with van der Waals surface area (Å²) in [5.41, 5.74) is 0. The van der Waals surface area contributed by atoms with Crippen LogP contribution < -0.4 is 0 Å². The van der Waals surface area contributed by atoms with Crippen LogP contribution in [0.25, 0.3) is 0 Å². The molecule has 13 nitrogen and oxygen atoms in total. The molecule has 2 aliphatic heterocycles. The summed E-state index contributed by atoms with van der Waals surface area (Å²) in [7, 11) is 0.